The van der Waals surface area contributed by atoms with Crippen LogP contribution in [0.1, 0.15) is 68.6 Å². The number of carbonyl (C=O) groups excluding carboxylic acids is 1. The summed E-state index contributed by atoms with van der Waals surface area (Å²) in [6.45, 7) is 7.05. The standard InChI is InChI=1S/C27H31N3OS/c1-4-5-6-20-7-13-23(14-8-20)29-17-30-26(31)15-24(25(16-28)27(30)32-18-29)22-11-9-21(10-12-22)19(2)3/h7-14,19,24H,4-6,15,17-18H2,1-3H3/t24-/m1/s1. The van der Waals surface area contributed by atoms with E-state index in [0.717, 1.165) is 34.2 Å². The van der Waals surface area contributed by atoms with E-state index in [1.807, 2.05) is 0 Å². The molecule has 0 aromatic heterocycles. The van der Waals surface area contributed by atoms with E-state index in [1.54, 1.807) is 16.7 Å². The second-order valence-corrected chi connectivity index (χ2v) is 9.89. The zero-order valence-corrected chi connectivity index (χ0v) is 20.0. The van der Waals surface area contributed by atoms with Crippen molar-refractivity contribution in [3.63, 3.8) is 0 Å². The molecule has 166 valence electrons. The lowest BCUT2D eigenvalue weighted by atomic mass is 9.85. The Morgan fingerprint density at radius 2 is 1.84 bits per heavy atom. The van der Waals surface area contributed by atoms with Crippen molar-refractivity contribution in [3.8, 4) is 6.07 Å². The van der Waals surface area contributed by atoms with E-state index < -0.39 is 0 Å². The number of hydrogen-bond donors (Lipinski definition) is 0. The number of hydrogen-bond acceptors (Lipinski definition) is 4. The van der Waals surface area contributed by atoms with Gasteiger partial charge >= 0.3 is 0 Å². The number of aryl methyl sites for hydroxylation is 1. The molecule has 4 nitrogen and oxygen atoms in total. The fraction of sp³-hybridized carbons (Fsp3) is 0.407. The molecule has 2 heterocycles. The first-order valence-electron chi connectivity index (χ1n) is 11.5. The first-order chi connectivity index (χ1) is 15.5. The summed E-state index contributed by atoms with van der Waals surface area (Å²) in [5, 5.41) is 10.8. The van der Waals surface area contributed by atoms with Crippen LogP contribution in [-0.4, -0.2) is 23.4 Å². The van der Waals surface area contributed by atoms with Crippen LogP contribution < -0.4 is 4.90 Å². The molecule has 2 aliphatic heterocycles. The molecule has 0 radical (unpaired) electrons. The Hall–Kier alpha value is -2.71. The molecule has 2 aliphatic rings. The fourth-order valence-electron chi connectivity index (χ4n) is 4.38. The van der Waals surface area contributed by atoms with Crippen LogP contribution in [0.4, 0.5) is 5.69 Å². The summed E-state index contributed by atoms with van der Waals surface area (Å²) >= 11 is 1.60. The molecular formula is C27H31N3OS. The highest BCUT2D eigenvalue weighted by molar-refractivity contribution is 8.03. The van der Waals surface area contributed by atoms with E-state index in [-0.39, 0.29) is 11.8 Å². The molecule has 0 N–H and O–H groups in total. The molecule has 4 rings (SSSR count). The normalized spacial score (nSPS) is 18.7. The van der Waals surface area contributed by atoms with Crippen molar-refractivity contribution in [1.82, 2.24) is 4.90 Å². The molecular weight excluding hydrogens is 414 g/mol. The van der Waals surface area contributed by atoms with Gasteiger partial charge < -0.3 is 4.90 Å². The topological polar surface area (TPSA) is 47.3 Å². The summed E-state index contributed by atoms with van der Waals surface area (Å²) in [7, 11) is 0. The lowest BCUT2D eigenvalue weighted by Gasteiger charge is -2.42. The number of anilines is 1. The van der Waals surface area contributed by atoms with Crippen LogP contribution in [0.25, 0.3) is 0 Å². The zero-order valence-electron chi connectivity index (χ0n) is 19.2. The number of nitriles is 1. The summed E-state index contributed by atoms with van der Waals surface area (Å²) in [4.78, 5) is 17.2. The highest BCUT2D eigenvalue weighted by Gasteiger charge is 2.38. The molecule has 2 aromatic carbocycles. The minimum atomic E-state index is -0.156. The van der Waals surface area contributed by atoms with Crippen LogP contribution in [0.3, 0.4) is 0 Å². The van der Waals surface area contributed by atoms with Gasteiger partial charge in [0.25, 0.3) is 0 Å². The zero-order chi connectivity index (χ0) is 22.7. The van der Waals surface area contributed by atoms with Gasteiger partial charge in [0, 0.05) is 18.0 Å². The molecule has 1 amide bonds. The van der Waals surface area contributed by atoms with Crippen molar-refractivity contribution in [2.24, 2.45) is 0 Å². The Bertz CT molecular complexity index is 1030. The molecule has 1 fully saturated rings. The summed E-state index contributed by atoms with van der Waals surface area (Å²) in [6.07, 6.45) is 3.85. The monoisotopic (exact) mass is 445 g/mol. The van der Waals surface area contributed by atoms with Crippen LogP contribution >= 0.6 is 11.8 Å². The van der Waals surface area contributed by atoms with Gasteiger partial charge in [0.15, 0.2) is 0 Å². The number of carbonyl (C=O) groups is 1. The highest BCUT2D eigenvalue weighted by Crippen LogP contribution is 2.43. The SMILES string of the molecule is CCCCc1ccc(N2CSC3=C(C#N)[C@@H](c4ccc(C(C)C)cc4)CC(=O)N3C2)cc1. The van der Waals surface area contributed by atoms with Gasteiger partial charge in [-0.3, -0.25) is 9.69 Å². The van der Waals surface area contributed by atoms with Crippen molar-refractivity contribution in [2.75, 3.05) is 17.4 Å². The van der Waals surface area contributed by atoms with Gasteiger partial charge in [0.05, 0.1) is 29.2 Å². The number of nitrogens with zero attached hydrogens (tertiary/aromatic N) is 3. The minimum Gasteiger partial charge on any atom is -0.344 e. The fourth-order valence-corrected chi connectivity index (χ4v) is 5.55. The Morgan fingerprint density at radius 3 is 2.47 bits per heavy atom. The van der Waals surface area contributed by atoms with Gasteiger partial charge in [0.1, 0.15) is 0 Å². The second kappa shape index (κ2) is 9.83. The Morgan fingerprint density at radius 1 is 1.12 bits per heavy atom. The summed E-state index contributed by atoms with van der Waals surface area (Å²) < 4.78 is 0. The third-order valence-electron chi connectivity index (χ3n) is 6.42. The maximum Gasteiger partial charge on any atom is 0.229 e. The van der Waals surface area contributed by atoms with Gasteiger partial charge in [-0.2, -0.15) is 5.26 Å². The van der Waals surface area contributed by atoms with Gasteiger partial charge in [-0.05, 0) is 47.6 Å². The second-order valence-electron chi connectivity index (χ2n) is 8.96. The largest absolute Gasteiger partial charge is 0.344 e. The first kappa shape index (κ1) is 22.5. The predicted octanol–water partition coefficient (Wildman–Crippen LogP) is 6.37. The van der Waals surface area contributed by atoms with E-state index in [0.29, 0.717) is 19.0 Å². The lowest BCUT2D eigenvalue weighted by Crippen LogP contribution is -2.47. The van der Waals surface area contributed by atoms with E-state index in [9.17, 15) is 10.1 Å². The van der Waals surface area contributed by atoms with Crippen LogP contribution in [0.2, 0.25) is 0 Å². The van der Waals surface area contributed by atoms with Gasteiger partial charge in [-0.25, -0.2) is 0 Å². The number of unbranched alkanes of at least 4 members (excludes halogenated alkanes) is 1. The quantitative estimate of drug-likeness (QED) is 0.518. The lowest BCUT2D eigenvalue weighted by molar-refractivity contribution is -0.129. The highest BCUT2D eigenvalue weighted by atomic mass is 32.2. The molecule has 5 heteroatoms. The Kier molecular flexibility index (Phi) is 6.91. The molecule has 2 aromatic rings. The van der Waals surface area contributed by atoms with E-state index in [2.05, 4.69) is 80.3 Å². The third kappa shape index (κ3) is 4.56. The molecule has 1 saturated heterocycles. The van der Waals surface area contributed by atoms with Crippen LogP contribution in [0.15, 0.2) is 59.1 Å². The number of rotatable bonds is 6. The summed E-state index contributed by atoms with van der Waals surface area (Å²) in [5.41, 5.74) is 5.52. The average molecular weight is 446 g/mol. The number of amides is 1. The van der Waals surface area contributed by atoms with Gasteiger partial charge in [-0.1, -0.05) is 75.4 Å². The molecule has 0 unspecified atom stereocenters. The summed E-state index contributed by atoms with van der Waals surface area (Å²) in [6, 6.07) is 19.5. The maximum absolute atomic E-state index is 13.1. The number of benzene rings is 2. The van der Waals surface area contributed by atoms with E-state index in [1.165, 1.54) is 24.0 Å². The number of thioether (sulfide) groups is 1. The Labute approximate surface area is 195 Å². The van der Waals surface area contributed by atoms with Gasteiger partial charge in [0.2, 0.25) is 5.91 Å². The van der Waals surface area contributed by atoms with Crippen LogP contribution in [-0.2, 0) is 11.2 Å². The molecule has 0 spiro atoms. The maximum atomic E-state index is 13.1. The predicted molar refractivity (Wildman–Crippen MR) is 132 cm³/mol. The third-order valence-corrected chi connectivity index (χ3v) is 7.57. The van der Waals surface area contributed by atoms with E-state index in [4.69, 9.17) is 0 Å². The van der Waals surface area contributed by atoms with Crippen LogP contribution in [0.5, 0.6) is 0 Å². The van der Waals surface area contributed by atoms with Crippen molar-refractivity contribution in [3.05, 3.63) is 75.8 Å². The molecule has 1 atom stereocenters. The summed E-state index contributed by atoms with van der Waals surface area (Å²) in [5.74, 6) is 1.13. The number of fused-ring (bicyclic) bond motifs is 1. The van der Waals surface area contributed by atoms with Crippen LogP contribution in [0, 0.1) is 11.3 Å². The van der Waals surface area contributed by atoms with Crippen molar-refractivity contribution < 1.29 is 4.79 Å². The minimum absolute atomic E-state index is 0.0914. The van der Waals surface area contributed by atoms with E-state index >= 15 is 0 Å². The molecule has 32 heavy (non-hydrogen) atoms. The Balaban J connectivity index is 1.55. The average Bonchev–Trinajstić information content (AvgIpc) is 2.83. The molecule has 0 saturated carbocycles. The number of allylic oxidation sites excluding steroid dienone is 1. The van der Waals surface area contributed by atoms with Crippen molar-refractivity contribution >= 4 is 23.4 Å². The van der Waals surface area contributed by atoms with Crippen molar-refractivity contribution in [2.45, 2.75) is 58.3 Å². The van der Waals surface area contributed by atoms with Gasteiger partial charge in [-0.15, -0.1) is 0 Å². The smallest absolute Gasteiger partial charge is 0.229 e. The van der Waals surface area contributed by atoms with Crippen molar-refractivity contribution in [1.29, 1.82) is 5.26 Å². The first-order valence-corrected chi connectivity index (χ1v) is 12.5. The molecule has 0 bridgehead atoms. The molecule has 0 aliphatic carbocycles.